The average Bonchev–Trinajstić information content (AvgIpc) is 2.51. The Kier molecular flexibility index (Phi) is 5.40. The van der Waals surface area contributed by atoms with E-state index >= 15 is 0 Å². The van der Waals surface area contributed by atoms with Crippen LogP contribution in [0.4, 0.5) is 5.69 Å². The van der Waals surface area contributed by atoms with Crippen LogP contribution in [-0.4, -0.2) is 25.5 Å². The zero-order valence-corrected chi connectivity index (χ0v) is 13.6. The summed E-state index contributed by atoms with van der Waals surface area (Å²) >= 11 is 0. The molecule has 1 heterocycles. The SMILES string of the molecule is CCCC1(C(=O)N(CC)c2ccccc2C)CCCNC1. The van der Waals surface area contributed by atoms with Crippen molar-refractivity contribution in [3.63, 3.8) is 0 Å². The lowest BCUT2D eigenvalue weighted by Gasteiger charge is -2.40. The number of carbonyl (C=O) groups is 1. The molecule has 0 saturated carbocycles. The van der Waals surface area contributed by atoms with Crippen LogP contribution in [0.15, 0.2) is 24.3 Å². The summed E-state index contributed by atoms with van der Waals surface area (Å²) in [5.74, 6) is 0.299. The molecule has 21 heavy (non-hydrogen) atoms. The van der Waals surface area contributed by atoms with Crippen molar-refractivity contribution in [1.29, 1.82) is 0 Å². The number of nitrogens with zero attached hydrogens (tertiary/aromatic N) is 1. The number of nitrogens with one attached hydrogen (secondary N) is 1. The highest BCUT2D eigenvalue weighted by Crippen LogP contribution is 2.35. The van der Waals surface area contributed by atoms with Gasteiger partial charge >= 0.3 is 0 Å². The summed E-state index contributed by atoms with van der Waals surface area (Å²) in [5, 5.41) is 3.44. The second kappa shape index (κ2) is 7.08. The van der Waals surface area contributed by atoms with Gasteiger partial charge in [-0.2, -0.15) is 0 Å². The summed E-state index contributed by atoms with van der Waals surface area (Å²) in [4.78, 5) is 15.3. The van der Waals surface area contributed by atoms with Gasteiger partial charge in [-0.15, -0.1) is 0 Å². The summed E-state index contributed by atoms with van der Waals surface area (Å²) < 4.78 is 0. The van der Waals surface area contributed by atoms with Gasteiger partial charge in [0.25, 0.3) is 0 Å². The number of amides is 1. The minimum atomic E-state index is -0.217. The van der Waals surface area contributed by atoms with Crippen LogP contribution < -0.4 is 10.2 Å². The maximum atomic E-state index is 13.3. The van der Waals surface area contributed by atoms with Crippen molar-refractivity contribution in [3.05, 3.63) is 29.8 Å². The van der Waals surface area contributed by atoms with Gasteiger partial charge in [-0.25, -0.2) is 0 Å². The summed E-state index contributed by atoms with van der Waals surface area (Å²) in [5.41, 5.74) is 2.01. The first kappa shape index (κ1) is 16.0. The zero-order chi connectivity index (χ0) is 15.3. The Morgan fingerprint density at radius 2 is 2.10 bits per heavy atom. The minimum absolute atomic E-state index is 0.217. The Morgan fingerprint density at radius 1 is 1.33 bits per heavy atom. The molecule has 1 unspecified atom stereocenters. The van der Waals surface area contributed by atoms with Crippen LogP contribution in [0.3, 0.4) is 0 Å². The van der Waals surface area contributed by atoms with Crippen LogP contribution in [0.5, 0.6) is 0 Å². The van der Waals surface area contributed by atoms with Gasteiger partial charge in [-0.1, -0.05) is 31.5 Å². The van der Waals surface area contributed by atoms with Gasteiger partial charge in [-0.3, -0.25) is 4.79 Å². The van der Waals surface area contributed by atoms with Crippen molar-refractivity contribution in [2.75, 3.05) is 24.5 Å². The molecular weight excluding hydrogens is 260 g/mol. The molecule has 2 rings (SSSR count). The van der Waals surface area contributed by atoms with E-state index in [1.165, 1.54) is 5.56 Å². The Labute approximate surface area is 128 Å². The van der Waals surface area contributed by atoms with Crippen LogP contribution in [0.2, 0.25) is 0 Å². The number of rotatable bonds is 5. The number of anilines is 1. The summed E-state index contributed by atoms with van der Waals surface area (Å²) in [6.07, 6.45) is 4.13. The van der Waals surface area contributed by atoms with E-state index in [1.54, 1.807) is 0 Å². The molecule has 116 valence electrons. The van der Waals surface area contributed by atoms with Crippen molar-refractivity contribution < 1.29 is 4.79 Å². The summed E-state index contributed by atoms with van der Waals surface area (Å²) in [7, 11) is 0. The molecule has 1 N–H and O–H groups in total. The van der Waals surface area contributed by atoms with Crippen molar-refractivity contribution in [2.45, 2.75) is 46.5 Å². The normalized spacial score (nSPS) is 22.0. The van der Waals surface area contributed by atoms with Gasteiger partial charge in [0.2, 0.25) is 5.91 Å². The highest BCUT2D eigenvalue weighted by atomic mass is 16.2. The standard InChI is InChI=1S/C18H28N2O/c1-4-11-18(12-8-13-19-14-18)17(21)20(5-2)16-10-7-6-9-15(16)3/h6-7,9-10,19H,4-5,8,11-14H2,1-3H3. The summed E-state index contributed by atoms with van der Waals surface area (Å²) in [6.45, 7) is 8.91. The van der Waals surface area contributed by atoms with E-state index in [0.717, 1.165) is 51.0 Å². The van der Waals surface area contributed by atoms with Gasteiger partial charge in [0.15, 0.2) is 0 Å². The van der Waals surface area contributed by atoms with Crippen LogP contribution in [0.1, 0.15) is 45.1 Å². The van der Waals surface area contributed by atoms with Crippen LogP contribution in [0.25, 0.3) is 0 Å². The Morgan fingerprint density at radius 3 is 2.67 bits per heavy atom. The van der Waals surface area contributed by atoms with Gasteiger partial charge in [0.05, 0.1) is 5.41 Å². The Balaban J connectivity index is 2.31. The predicted octanol–water partition coefficient (Wildman–Crippen LogP) is 3.52. The first-order valence-corrected chi connectivity index (χ1v) is 8.23. The van der Waals surface area contributed by atoms with E-state index in [4.69, 9.17) is 0 Å². The van der Waals surface area contributed by atoms with Crippen molar-refractivity contribution in [2.24, 2.45) is 5.41 Å². The molecule has 0 radical (unpaired) electrons. The number of hydrogen-bond donors (Lipinski definition) is 1. The number of piperidine rings is 1. The molecular formula is C18H28N2O. The van der Waals surface area contributed by atoms with Gasteiger partial charge in [0, 0.05) is 18.8 Å². The highest BCUT2D eigenvalue weighted by molar-refractivity contribution is 5.98. The van der Waals surface area contributed by atoms with E-state index in [9.17, 15) is 4.79 Å². The monoisotopic (exact) mass is 288 g/mol. The topological polar surface area (TPSA) is 32.3 Å². The Bertz CT molecular complexity index is 472. The molecule has 1 atom stereocenters. The lowest BCUT2D eigenvalue weighted by atomic mass is 9.75. The molecule has 1 aliphatic heterocycles. The molecule has 3 heteroatoms. The third-order valence-corrected chi connectivity index (χ3v) is 4.62. The lowest BCUT2D eigenvalue weighted by Crippen LogP contribution is -2.52. The number of carbonyl (C=O) groups excluding carboxylic acids is 1. The van der Waals surface area contributed by atoms with E-state index in [2.05, 4.69) is 38.2 Å². The fourth-order valence-electron chi connectivity index (χ4n) is 3.53. The smallest absolute Gasteiger partial charge is 0.234 e. The maximum absolute atomic E-state index is 13.3. The fourth-order valence-corrected chi connectivity index (χ4v) is 3.53. The largest absolute Gasteiger partial charge is 0.316 e. The van der Waals surface area contributed by atoms with Crippen LogP contribution in [0, 0.1) is 12.3 Å². The molecule has 0 spiro atoms. The summed E-state index contributed by atoms with van der Waals surface area (Å²) in [6, 6.07) is 8.19. The van der Waals surface area contributed by atoms with Crippen LogP contribution >= 0.6 is 0 Å². The minimum Gasteiger partial charge on any atom is -0.316 e. The third kappa shape index (κ3) is 3.29. The molecule has 1 amide bonds. The molecule has 0 aliphatic carbocycles. The molecule has 1 aliphatic rings. The second-order valence-corrected chi connectivity index (χ2v) is 6.15. The maximum Gasteiger partial charge on any atom is 0.234 e. The first-order chi connectivity index (χ1) is 10.1. The number of benzene rings is 1. The van der Waals surface area contributed by atoms with E-state index < -0.39 is 0 Å². The number of para-hydroxylation sites is 1. The van der Waals surface area contributed by atoms with E-state index in [0.29, 0.717) is 5.91 Å². The number of hydrogen-bond acceptors (Lipinski definition) is 2. The quantitative estimate of drug-likeness (QED) is 0.899. The molecule has 3 nitrogen and oxygen atoms in total. The molecule has 1 aromatic rings. The van der Waals surface area contributed by atoms with Crippen molar-refractivity contribution >= 4 is 11.6 Å². The molecule has 0 bridgehead atoms. The van der Waals surface area contributed by atoms with Crippen LogP contribution in [-0.2, 0) is 4.79 Å². The lowest BCUT2D eigenvalue weighted by molar-refractivity contribution is -0.129. The second-order valence-electron chi connectivity index (χ2n) is 6.15. The van der Waals surface area contributed by atoms with Gasteiger partial charge in [-0.05, 0) is 51.3 Å². The first-order valence-electron chi connectivity index (χ1n) is 8.23. The molecule has 0 aromatic heterocycles. The molecule has 1 fully saturated rings. The predicted molar refractivity (Wildman–Crippen MR) is 88.7 cm³/mol. The number of aryl methyl sites for hydroxylation is 1. The zero-order valence-electron chi connectivity index (χ0n) is 13.6. The van der Waals surface area contributed by atoms with Gasteiger partial charge < -0.3 is 10.2 Å². The fraction of sp³-hybridized carbons (Fsp3) is 0.611. The van der Waals surface area contributed by atoms with Crippen molar-refractivity contribution in [3.8, 4) is 0 Å². The average molecular weight is 288 g/mol. The van der Waals surface area contributed by atoms with Crippen molar-refractivity contribution in [1.82, 2.24) is 5.32 Å². The molecule has 1 aromatic carbocycles. The van der Waals surface area contributed by atoms with Gasteiger partial charge in [0.1, 0.15) is 0 Å². The van der Waals surface area contributed by atoms with E-state index in [-0.39, 0.29) is 5.41 Å². The molecule has 1 saturated heterocycles. The highest BCUT2D eigenvalue weighted by Gasteiger charge is 2.41. The third-order valence-electron chi connectivity index (χ3n) is 4.62. The Hall–Kier alpha value is -1.35. The van der Waals surface area contributed by atoms with E-state index in [1.807, 2.05) is 17.0 Å².